The van der Waals surface area contributed by atoms with Gasteiger partial charge >= 0.3 is 5.97 Å². The highest BCUT2D eigenvalue weighted by Gasteiger charge is 2.21. The number of anilines is 1. The summed E-state index contributed by atoms with van der Waals surface area (Å²) in [6.45, 7) is 3.71. The summed E-state index contributed by atoms with van der Waals surface area (Å²) in [5.41, 5.74) is 7.33. The van der Waals surface area contributed by atoms with Gasteiger partial charge in [0.15, 0.2) is 6.10 Å². The predicted octanol–water partition coefficient (Wildman–Crippen LogP) is 2.35. The minimum atomic E-state index is -1.04. The molecule has 8 nitrogen and oxygen atoms in total. The second-order valence-corrected chi connectivity index (χ2v) is 5.78. The van der Waals surface area contributed by atoms with E-state index < -0.39 is 22.9 Å². The van der Waals surface area contributed by atoms with Gasteiger partial charge in [0.25, 0.3) is 11.6 Å². The fraction of sp³-hybridized carbons (Fsp3) is 0.222. The first-order valence-electron chi connectivity index (χ1n) is 7.86. The first kappa shape index (κ1) is 18.9. The summed E-state index contributed by atoms with van der Waals surface area (Å²) < 4.78 is 5.09. The number of nitrogens with two attached hydrogens (primary N) is 1. The van der Waals surface area contributed by atoms with E-state index in [-0.39, 0.29) is 16.9 Å². The number of rotatable bonds is 6. The molecule has 0 aliphatic rings. The number of ether oxygens (including phenoxy) is 1. The van der Waals surface area contributed by atoms with Crippen LogP contribution < -0.4 is 11.1 Å². The Morgan fingerprint density at radius 2 is 1.88 bits per heavy atom. The summed E-state index contributed by atoms with van der Waals surface area (Å²) in [5, 5.41) is 13.4. The summed E-state index contributed by atoms with van der Waals surface area (Å²) in [4.78, 5) is 34.3. The van der Waals surface area contributed by atoms with Gasteiger partial charge in [-0.1, -0.05) is 29.8 Å². The van der Waals surface area contributed by atoms with Gasteiger partial charge in [0.1, 0.15) is 0 Å². The number of non-ortho nitro benzene ring substituents is 1. The van der Waals surface area contributed by atoms with Crippen LogP contribution in [0.15, 0.2) is 42.5 Å². The zero-order valence-corrected chi connectivity index (χ0v) is 14.4. The summed E-state index contributed by atoms with van der Waals surface area (Å²) in [6.07, 6.45) is -1.04. The standard InChI is InChI=1S/C18H19N3O5/c1-11-3-5-13(6-4-11)10-20-17(22)12(2)26-18(23)15-8-7-14(21(24)25)9-16(15)19/h3-9,12H,10,19H2,1-2H3,(H,20,22)/t12-/m0/s1. The molecule has 0 saturated carbocycles. The second-order valence-electron chi connectivity index (χ2n) is 5.78. The molecule has 3 N–H and O–H groups in total. The Bertz CT molecular complexity index is 833. The molecule has 0 unspecified atom stereocenters. The van der Waals surface area contributed by atoms with Crippen molar-refractivity contribution < 1.29 is 19.2 Å². The van der Waals surface area contributed by atoms with Crippen LogP contribution in [-0.4, -0.2) is 22.9 Å². The first-order valence-corrected chi connectivity index (χ1v) is 7.86. The molecule has 1 atom stereocenters. The van der Waals surface area contributed by atoms with Gasteiger partial charge in [-0.15, -0.1) is 0 Å². The zero-order chi connectivity index (χ0) is 19.3. The second kappa shape index (κ2) is 8.11. The van der Waals surface area contributed by atoms with E-state index in [0.717, 1.165) is 23.3 Å². The third-order valence-electron chi connectivity index (χ3n) is 3.71. The third kappa shape index (κ3) is 4.79. The van der Waals surface area contributed by atoms with Gasteiger partial charge in [0.2, 0.25) is 0 Å². The number of carbonyl (C=O) groups excluding carboxylic acids is 2. The van der Waals surface area contributed by atoms with Gasteiger partial charge in [0.05, 0.1) is 16.2 Å². The quantitative estimate of drug-likeness (QED) is 0.354. The van der Waals surface area contributed by atoms with E-state index >= 15 is 0 Å². The minimum Gasteiger partial charge on any atom is -0.449 e. The maximum absolute atomic E-state index is 12.1. The molecule has 0 fully saturated rings. The molecule has 0 bridgehead atoms. The molecule has 1 amide bonds. The van der Waals surface area contributed by atoms with Crippen LogP contribution in [-0.2, 0) is 16.1 Å². The molecule has 136 valence electrons. The van der Waals surface area contributed by atoms with Crippen molar-refractivity contribution in [2.45, 2.75) is 26.5 Å². The minimum absolute atomic E-state index is 0.0335. The average molecular weight is 357 g/mol. The molecule has 0 radical (unpaired) electrons. The molecule has 2 rings (SSSR count). The fourth-order valence-corrected chi connectivity index (χ4v) is 2.17. The smallest absolute Gasteiger partial charge is 0.341 e. The number of esters is 1. The van der Waals surface area contributed by atoms with E-state index in [9.17, 15) is 19.7 Å². The highest BCUT2D eigenvalue weighted by molar-refractivity contribution is 5.97. The lowest BCUT2D eigenvalue weighted by molar-refractivity contribution is -0.384. The molecular formula is C18H19N3O5. The number of nitrogen functional groups attached to an aromatic ring is 1. The average Bonchev–Trinajstić information content (AvgIpc) is 2.60. The topological polar surface area (TPSA) is 125 Å². The van der Waals surface area contributed by atoms with Crippen molar-refractivity contribution in [1.29, 1.82) is 0 Å². The highest BCUT2D eigenvalue weighted by Crippen LogP contribution is 2.21. The highest BCUT2D eigenvalue weighted by atomic mass is 16.6. The third-order valence-corrected chi connectivity index (χ3v) is 3.71. The van der Waals surface area contributed by atoms with Crippen molar-refractivity contribution in [3.8, 4) is 0 Å². The van der Waals surface area contributed by atoms with E-state index in [1.807, 2.05) is 31.2 Å². The van der Waals surface area contributed by atoms with Crippen LogP contribution in [0.5, 0.6) is 0 Å². The van der Waals surface area contributed by atoms with Gasteiger partial charge in [-0.25, -0.2) is 4.79 Å². The Hall–Kier alpha value is -3.42. The molecule has 2 aromatic carbocycles. The van der Waals surface area contributed by atoms with Gasteiger partial charge in [-0.3, -0.25) is 14.9 Å². The Labute approximate surface area is 150 Å². The van der Waals surface area contributed by atoms with Crippen molar-refractivity contribution in [2.24, 2.45) is 0 Å². The van der Waals surface area contributed by atoms with Crippen molar-refractivity contribution in [3.63, 3.8) is 0 Å². The Morgan fingerprint density at radius 1 is 1.23 bits per heavy atom. The molecule has 0 aliphatic heterocycles. The lowest BCUT2D eigenvalue weighted by Crippen LogP contribution is -2.35. The molecule has 26 heavy (non-hydrogen) atoms. The zero-order valence-electron chi connectivity index (χ0n) is 14.4. The van der Waals surface area contributed by atoms with Crippen LogP contribution in [0.1, 0.15) is 28.4 Å². The van der Waals surface area contributed by atoms with Crippen LogP contribution >= 0.6 is 0 Å². The van der Waals surface area contributed by atoms with Crippen LogP contribution in [0.25, 0.3) is 0 Å². The number of nitrogens with one attached hydrogen (secondary N) is 1. The van der Waals surface area contributed by atoms with Crippen molar-refractivity contribution in [2.75, 3.05) is 5.73 Å². The van der Waals surface area contributed by atoms with E-state index in [1.165, 1.54) is 13.0 Å². The van der Waals surface area contributed by atoms with Crippen molar-refractivity contribution >= 4 is 23.3 Å². The Morgan fingerprint density at radius 3 is 2.46 bits per heavy atom. The number of hydrogen-bond donors (Lipinski definition) is 2. The van der Waals surface area contributed by atoms with Gasteiger partial charge in [-0.2, -0.15) is 0 Å². The number of nitrogens with zero attached hydrogens (tertiary/aromatic N) is 1. The number of amides is 1. The Kier molecular flexibility index (Phi) is 5.90. The van der Waals surface area contributed by atoms with Crippen LogP contribution in [0.2, 0.25) is 0 Å². The van der Waals surface area contributed by atoms with Crippen LogP contribution in [0.3, 0.4) is 0 Å². The lowest BCUT2D eigenvalue weighted by Gasteiger charge is -2.14. The summed E-state index contributed by atoms with van der Waals surface area (Å²) in [7, 11) is 0. The maximum atomic E-state index is 12.1. The Balaban J connectivity index is 1.94. The monoisotopic (exact) mass is 357 g/mol. The molecule has 0 aliphatic carbocycles. The normalized spacial score (nSPS) is 11.5. The number of benzene rings is 2. The number of hydrogen-bond acceptors (Lipinski definition) is 6. The van der Waals surface area contributed by atoms with E-state index in [1.54, 1.807) is 0 Å². The maximum Gasteiger partial charge on any atom is 0.341 e. The van der Waals surface area contributed by atoms with Gasteiger partial charge < -0.3 is 15.8 Å². The summed E-state index contributed by atoms with van der Waals surface area (Å²) in [6, 6.07) is 11.1. The van der Waals surface area contributed by atoms with Crippen molar-refractivity contribution in [1.82, 2.24) is 5.32 Å². The van der Waals surface area contributed by atoms with Gasteiger partial charge in [0, 0.05) is 18.7 Å². The molecule has 0 heterocycles. The van der Waals surface area contributed by atoms with E-state index in [2.05, 4.69) is 5.32 Å². The SMILES string of the molecule is Cc1ccc(CNC(=O)[C@H](C)OC(=O)c2ccc([N+](=O)[O-])cc2N)cc1. The first-order chi connectivity index (χ1) is 12.3. The molecule has 0 saturated heterocycles. The molecule has 0 spiro atoms. The molecular weight excluding hydrogens is 338 g/mol. The predicted molar refractivity (Wildman–Crippen MR) is 95.4 cm³/mol. The number of nitro groups is 1. The van der Waals surface area contributed by atoms with Gasteiger partial charge in [-0.05, 0) is 25.5 Å². The number of nitro benzene ring substituents is 1. The lowest BCUT2D eigenvalue weighted by atomic mass is 10.1. The summed E-state index contributed by atoms with van der Waals surface area (Å²) >= 11 is 0. The largest absolute Gasteiger partial charge is 0.449 e. The van der Waals surface area contributed by atoms with Crippen LogP contribution in [0.4, 0.5) is 11.4 Å². The van der Waals surface area contributed by atoms with E-state index in [0.29, 0.717) is 6.54 Å². The fourth-order valence-electron chi connectivity index (χ4n) is 2.17. The molecule has 8 heteroatoms. The number of aryl methyl sites for hydroxylation is 1. The molecule has 0 aromatic heterocycles. The summed E-state index contributed by atoms with van der Waals surface area (Å²) in [5.74, 6) is -1.28. The van der Waals surface area contributed by atoms with Crippen molar-refractivity contribution in [3.05, 3.63) is 69.3 Å². The number of carbonyl (C=O) groups is 2. The van der Waals surface area contributed by atoms with E-state index in [4.69, 9.17) is 10.5 Å². The van der Waals surface area contributed by atoms with Crippen LogP contribution in [0, 0.1) is 17.0 Å². The molecule has 2 aromatic rings.